The third-order valence-corrected chi connectivity index (χ3v) is 5.37. The minimum atomic E-state index is -0.326. The number of carbonyl (C=O) groups excluding carboxylic acids is 1. The summed E-state index contributed by atoms with van der Waals surface area (Å²) in [6, 6.07) is 19.9. The van der Waals surface area contributed by atoms with Crippen LogP contribution in [0.15, 0.2) is 77.7 Å². The van der Waals surface area contributed by atoms with Gasteiger partial charge < -0.3 is 18.8 Å². The van der Waals surface area contributed by atoms with Gasteiger partial charge in [-0.05, 0) is 23.8 Å². The van der Waals surface area contributed by atoms with E-state index >= 15 is 0 Å². The van der Waals surface area contributed by atoms with Crippen LogP contribution in [0.2, 0.25) is 0 Å². The molecular formula is C25H19NO5. The molecule has 154 valence electrons. The van der Waals surface area contributed by atoms with Crippen molar-refractivity contribution >= 4 is 16.7 Å². The van der Waals surface area contributed by atoms with E-state index in [1.807, 2.05) is 34.9 Å². The van der Waals surface area contributed by atoms with Gasteiger partial charge >= 0.3 is 0 Å². The van der Waals surface area contributed by atoms with E-state index in [4.69, 9.17) is 14.2 Å². The first kappa shape index (κ1) is 18.9. The summed E-state index contributed by atoms with van der Waals surface area (Å²) in [7, 11) is 1.62. The molecule has 0 unspecified atom stereocenters. The van der Waals surface area contributed by atoms with E-state index in [0.29, 0.717) is 34.5 Å². The van der Waals surface area contributed by atoms with Crippen LogP contribution < -0.4 is 19.6 Å². The minimum Gasteiger partial charge on any atom is -0.497 e. The molecule has 6 nitrogen and oxygen atoms in total. The van der Waals surface area contributed by atoms with Gasteiger partial charge in [-0.25, -0.2) is 0 Å². The van der Waals surface area contributed by atoms with Crippen LogP contribution in [-0.4, -0.2) is 24.3 Å². The van der Waals surface area contributed by atoms with Gasteiger partial charge in [-0.3, -0.25) is 9.59 Å². The normalized spacial score (nSPS) is 12.2. The Hall–Kier alpha value is -4.06. The van der Waals surface area contributed by atoms with Crippen molar-refractivity contribution in [2.24, 2.45) is 0 Å². The molecule has 1 aliphatic rings. The topological polar surface area (TPSA) is 66.8 Å². The summed E-state index contributed by atoms with van der Waals surface area (Å²) in [6.07, 6.45) is 1.63. The number of benzene rings is 3. The summed E-state index contributed by atoms with van der Waals surface area (Å²) in [5, 5.41) is 0.416. The first-order valence-electron chi connectivity index (χ1n) is 9.83. The van der Waals surface area contributed by atoms with Crippen LogP contribution in [-0.2, 0) is 6.54 Å². The van der Waals surface area contributed by atoms with E-state index in [9.17, 15) is 9.59 Å². The Labute approximate surface area is 178 Å². The number of rotatable bonds is 5. The number of ketones is 1. The van der Waals surface area contributed by atoms with Crippen molar-refractivity contribution in [3.63, 3.8) is 0 Å². The highest BCUT2D eigenvalue weighted by molar-refractivity contribution is 6.10. The van der Waals surface area contributed by atoms with Gasteiger partial charge in [-0.2, -0.15) is 0 Å². The van der Waals surface area contributed by atoms with Crippen LogP contribution in [0, 0.1) is 0 Å². The number of hydrogen-bond acceptors (Lipinski definition) is 5. The standard InChI is InChI=1S/C25H19NO5/c1-29-18-9-7-16(8-10-18)13-26-14-20(24(27)17-5-3-2-4-6-17)25(28)19-11-22-23(12-21(19)26)31-15-30-22/h2-12,14H,13,15H2,1H3. The Bertz CT molecular complexity index is 1340. The molecule has 6 heteroatoms. The fourth-order valence-electron chi connectivity index (χ4n) is 3.75. The largest absolute Gasteiger partial charge is 0.497 e. The molecule has 0 atom stereocenters. The maximum Gasteiger partial charge on any atom is 0.231 e. The molecule has 5 rings (SSSR count). The summed E-state index contributed by atoms with van der Waals surface area (Å²) in [5.74, 6) is 1.54. The highest BCUT2D eigenvalue weighted by Gasteiger charge is 2.21. The van der Waals surface area contributed by atoms with Gasteiger partial charge in [-0.15, -0.1) is 0 Å². The zero-order valence-electron chi connectivity index (χ0n) is 16.8. The molecule has 1 aliphatic heterocycles. The molecule has 2 heterocycles. The smallest absolute Gasteiger partial charge is 0.231 e. The lowest BCUT2D eigenvalue weighted by atomic mass is 10.0. The maximum absolute atomic E-state index is 13.3. The molecule has 1 aromatic heterocycles. The Balaban J connectivity index is 1.69. The van der Waals surface area contributed by atoms with E-state index in [2.05, 4.69) is 0 Å². The third-order valence-electron chi connectivity index (χ3n) is 5.37. The van der Waals surface area contributed by atoms with Crippen molar-refractivity contribution in [3.05, 3.63) is 99.8 Å². The van der Waals surface area contributed by atoms with Crippen molar-refractivity contribution in [2.75, 3.05) is 13.9 Å². The van der Waals surface area contributed by atoms with E-state index in [-0.39, 0.29) is 23.6 Å². The summed E-state index contributed by atoms with van der Waals surface area (Å²) in [5.41, 5.74) is 1.94. The predicted molar refractivity (Wildman–Crippen MR) is 116 cm³/mol. The van der Waals surface area contributed by atoms with Crippen LogP contribution in [0.3, 0.4) is 0 Å². The number of fused-ring (bicyclic) bond motifs is 2. The van der Waals surface area contributed by atoms with Gasteiger partial charge in [0.1, 0.15) is 5.75 Å². The second kappa shape index (κ2) is 7.65. The molecule has 0 aliphatic carbocycles. The van der Waals surface area contributed by atoms with Crippen LogP contribution in [0.1, 0.15) is 21.5 Å². The molecule has 0 N–H and O–H groups in total. The van der Waals surface area contributed by atoms with Crippen molar-refractivity contribution in [3.8, 4) is 17.2 Å². The summed E-state index contributed by atoms with van der Waals surface area (Å²) in [4.78, 5) is 26.4. The number of carbonyl (C=O) groups is 1. The van der Waals surface area contributed by atoms with Gasteiger partial charge in [0.15, 0.2) is 17.3 Å². The summed E-state index contributed by atoms with van der Waals surface area (Å²) < 4.78 is 18.1. The minimum absolute atomic E-state index is 0.105. The van der Waals surface area contributed by atoms with Crippen molar-refractivity contribution in [1.29, 1.82) is 0 Å². The lowest BCUT2D eigenvalue weighted by Gasteiger charge is -2.14. The van der Waals surface area contributed by atoms with Gasteiger partial charge in [-0.1, -0.05) is 42.5 Å². The van der Waals surface area contributed by atoms with E-state index in [1.165, 1.54) is 0 Å². The maximum atomic E-state index is 13.3. The number of nitrogens with zero attached hydrogens (tertiary/aromatic N) is 1. The van der Waals surface area contributed by atoms with Crippen LogP contribution >= 0.6 is 0 Å². The summed E-state index contributed by atoms with van der Waals surface area (Å²) in [6.45, 7) is 0.573. The lowest BCUT2D eigenvalue weighted by molar-refractivity contribution is 0.103. The van der Waals surface area contributed by atoms with Gasteiger partial charge in [0, 0.05) is 24.4 Å². The van der Waals surface area contributed by atoms with E-state index in [0.717, 1.165) is 11.3 Å². The molecule has 0 radical (unpaired) electrons. The van der Waals surface area contributed by atoms with Gasteiger partial charge in [0.2, 0.25) is 12.2 Å². The zero-order chi connectivity index (χ0) is 21.4. The highest BCUT2D eigenvalue weighted by atomic mass is 16.7. The quantitative estimate of drug-likeness (QED) is 0.463. The molecule has 0 saturated heterocycles. The Morgan fingerprint density at radius 3 is 2.42 bits per heavy atom. The predicted octanol–water partition coefficient (Wildman–Crippen LogP) is 4.02. The molecule has 0 saturated carbocycles. The summed E-state index contributed by atoms with van der Waals surface area (Å²) >= 11 is 0. The molecule has 0 fully saturated rings. The van der Waals surface area contributed by atoms with Crippen LogP contribution in [0.5, 0.6) is 17.2 Å². The Kier molecular flexibility index (Phi) is 4.67. The van der Waals surface area contributed by atoms with Crippen molar-refractivity contribution < 1.29 is 19.0 Å². The number of methoxy groups -OCH3 is 1. The van der Waals surface area contributed by atoms with Crippen molar-refractivity contribution in [2.45, 2.75) is 6.54 Å². The fourth-order valence-corrected chi connectivity index (χ4v) is 3.75. The van der Waals surface area contributed by atoms with Crippen LogP contribution in [0.4, 0.5) is 0 Å². The lowest BCUT2D eigenvalue weighted by Crippen LogP contribution is -2.20. The molecule has 0 bridgehead atoms. The third kappa shape index (κ3) is 3.42. The van der Waals surface area contributed by atoms with Crippen molar-refractivity contribution in [1.82, 2.24) is 4.57 Å². The molecule has 4 aromatic rings. The van der Waals surface area contributed by atoms with E-state index in [1.54, 1.807) is 49.7 Å². The number of hydrogen-bond donors (Lipinski definition) is 0. The highest BCUT2D eigenvalue weighted by Crippen LogP contribution is 2.35. The number of aromatic nitrogens is 1. The average molecular weight is 413 g/mol. The second-order valence-corrected chi connectivity index (χ2v) is 7.27. The number of pyridine rings is 1. The monoisotopic (exact) mass is 413 g/mol. The first-order chi connectivity index (χ1) is 15.1. The zero-order valence-corrected chi connectivity index (χ0v) is 16.8. The first-order valence-corrected chi connectivity index (χ1v) is 9.83. The average Bonchev–Trinajstić information content (AvgIpc) is 3.28. The molecular weight excluding hydrogens is 394 g/mol. The van der Waals surface area contributed by atoms with Gasteiger partial charge in [0.05, 0.1) is 23.6 Å². The fraction of sp³-hybridized carbons (Fsp3) is 0.120. The molecule has 0 spiro atoms. The Morgan fingerprint density at radius 1 is 1.00 bits per heavy atom. The van der Waals surface area contributed by atoms with Crippen LogP contribution in [0.25, 0.3) is 10.9 Å². The SMILES string of the molecule is COc1ccc(Cn2cc(C(=O)c3ccccc3)c(=O)c3cc4c(cc32)OCO4)cc1. The number of ether oxygens (including phenoxy) is 3. The molecule has 31 heavy (non-hydrogen) atoms. The second-order valence-electron chi connectivity index (χ2n) is 7.27. The molecule has 3 aromatic carbocycles. The Morgan fingerprint density at radius 2 is 1.71 bits per heavy atom. The van der Waals surface area contributed by atoms with E-state index < -0.39 is 0 Å². The van der Waals surface area contributed by atoms with Gasteiger partial charge in [0.25, 0.3) is 0 Å². The molecule has 0 amide bonds.